The molecule has 1 aliphatic heterocycles. The fourth-order valence-electron chi connectivity index (χ4n) is 3.36. The molecule has 0 saturated carbocycles. The topological polar surface area (TPSA) is 59.0 Å². The van der Waals surface area contributed by atoms with Crippen LogP contribution in [0, 0.1) is 6.92 Å². The summed E-state index contributed by atoms with van der Waals surface area (Å²) in [5, 5.41) is 10.3. The lowest BCUT2D eigenvalue weighted by atomic mass is 10.2. The maximum atomic E-state index is 12.5. The Morgan fingerprint density at radius 1 is 1.22 bits per heavy atom. The lowest BCUT2D eigenvalue weighted by molar-refractivity contribution is -0.150. The van der Waals surface area contributed by atoms with E-state index in [2.05, 4.69) is 0 Å². The number of carbonyl (C=O) groups is 1. The van der Waals surface area contributed by atoms with E-state index in [0.29, 0.717) is 6.54 Å². The first-order valence-corrected chi connectivity index (χ1v) is 9.44. The third-order valence-corrected chi connectivity index (χ3v) is 4.74. The first-order valence-electron chi connectivity index (χ1n) is 9.44. The zero-order chi connectivity index (χ0) is 19.1. The van der Waals surface area contributed by atoms with Gasteiger partial charge in [0, 0.05) is 6.54 Å². The van der Waals surface area contributed by atoms with Crippen LogP contribution in [0.25, 0.3) is 0 Å². The van der Waals surface area contributed by atoms with E-state index < -0.39 is 6.10 Å². The van der Waals surface area contributed by atoms with Crippen molar-refractivity contribution in [3.05, 3.63) is 65.7 Å². The summed E-state index contributed by atoms with van der Waals surface area (Å²) in [5.41, 5.74) is 2.09. The first kappa shape index (κ1) is 19.4. The predicted octanol–water partition coefficient (Wildman–Crippen LogP) is 2.94. The van der Waals surface area contributed by atoms with E-state index in [9.17, 15) is 9.90 Å². The number of nitrogens with zero attached hydrogens (tertiary/aromatic N) is 1. The van der Waals surface area contributed by atoms with Gasteiger partial charge in [-0.1, -0.05) is 42.5 Å². The van der Waals surface area contributed by atoms with E-state index in [1.165, 1.54) is 0 Å². The number of aliphatic hydroxyl groups excluding tert-OH is 1. The third kappa shape index (κ3) is 5.81. The summed E-state index contributed by atoms with van der Waals surface area (Å²) in [4.78, 5) is 14.4. The number of benzene rings is 2. The number of aliphatic hydroxyl groups is 1. The molecule has 0 radical (unpaired) electrons. The Labute approximate surface area is 160 Å². The SMILES string of the molecule is Cc1cccc(OCC(O)CN2CCCC2C(=O)OCc2ccccc2)c1. The molecule has 0 aromatic heterocycles. The summed E-state index contributed by atoms with van der Waals surface area (Å²) >= 11 is 0. The van der Waals surface area contributed by atoms with Crippen molar-refractivity contribution in [2.75, 3.05) is 19.7 Å². The number of aryl methyl sites for hydroxylation is 1. The summed E-state index contributed by atoms with van der Waals surface area (Å²) in [6.07, 6.45) is 1.03. The Bertz CT molecular complexity index is 734. The average Bonchev–Trinajstić information content (AvgIpc) is 3.13. The third-order valence-electron chi connectivity index (χ3n) is 4.74. The van der Waals surface area contributed by atoms with Crippen LogP contribution in [-0.4, -0.2) is 47.8 Å². The Morgan fingerprint density at radius 3 is 2.81 bits per heavy atom. The van der Waals surface area contributed by atoms with Gasteiger partial charge in [-0.15, -0.1) is 0 Å². The molecular formula is C22H27NO4. The Kier molecular flexibility index (Phi) is 6.85. The zero-order valence-corrected chi connectivity index (χ0v) is 15.7. The molecular weight excluding hydrogens is 342 g/mol. The van der Waals surface area contributed by atoms with Gasteiger partial charge in [-0.2, -0.15) is 0 Å². The van der Waals surface area contributed by atoms with Crippen molar-refractivity contribution >= 4 is 5.97 Å². The Hall–Kier alpha value is -2.37. The molecule has 1 fully saturated rings. The number of ether oxygens (including phenoxy) is 2. The van der Waals surface area contributed by atoms with Crippen LogP contribution in [0.5, 0.6) is 5.75 Å². The van der Waals surface area contributed by atoms with E-state index in [4.69, 9.17) is 9.47 Å². The average molecular weight is 369 g/mol. The van der Waals surface area contributed by atoms with Crippen molar-refractivity contribution in [3.8, 4) is 5.75 Å². The number of rotatable bonds is 8. The Morgan fingerprint density at radius 2 is 2.04 bits per heavy atom. The summed E-state index contributed by atoms with van der Waals surface area (Å²) < 4.78 is 11.1. The standard InChI is InChI=1S/C22H27NO4/c1-17-7-5-10-20(13-17)26-16-19(24)14-23-12-6-11-21(23)22(25)27-15-18-8-3-2-4-9-18/h2-5,7-10,13,19,21,24H,6,11-12,14-16H2,1H3. The molecule has 0 bridgehead atoms. The van der Waals surface area contributed by atoms with Crippen LogP contribution in [0.15, 0.2) is 54.6 Å². The van der Waals surface area contributed by atoms with Crippen molar-refractivity contribution in [2.45, 2.75) is 38.5 Å². The van der Waals surface area contributed by atoms with Crippen molar-refractivity contribution in [2.24, 2.45) is 0 Å². The van der Waals surface area contributed by atoms with Gasteiger partial charge in [-0.05, 0) is 49.6 Å². The highest BCUT2D eigenvalue weighted by Gasteiger charge is 2.33. The molecule has 5 heteroatoms. The smallest absolute Gasteiger partial charge is 0.323 e. The van der Waals surface area contributed by atoms with Crippen molar-refractivity contribution < 1.29 is 19.4 Å². The number of carbonyl (C=O) groups excluding carboxylic acids is 1. The highest BCUT2D eigenvalue weighted by Crippen LogP contribution is 2.20. The van der Waals surface area contributed by atoms with Gasteiger partial charge in [0.2, 0.25) is 0 Å². The summed E-state index contributed by atoms with van der Waals surface area (Å²) in [5.74, 6) is 0.525. The van der Waals surface area contributed by atoms with Gasteiger partial charge in [0.25, 0.3) is 0 Å². The van der Waals surface area contributed by atoms with Crippen LogP contribution < -0.4 is 4.74 Å². The minimum Gasteiger partial charge on any atom is -0.491 e. The van der Waals surface area contributed by atoms with E-state index >= 15 is 0 Å². The maximum absolute atomic E-state index is 12.5. The maximum Gasteiger partial charge on any atom is 0.323 e. The van der Waals surface area contributed by atoms with Gasteiger partial charge in [-0.3, -0.25) is 9.69 Å². The highest BCUT2D eigenvalue weighted by molar-refractivity contribution is 5.76. The minimum atomic E-state index is -0.659. The van der Waals surface area contributed by atoms with Gasteiger partial charge in [-0.25, -0.2) is 0 Å². The molecule has 2 aromatic rings. The Balaban J connectivity index is 1.46. The predicted molar refractivity (Wildman–Crippen MR) is 104 cm³/mol. The monoisotopic (exact) mass is 369 g/mol. The lowest BCUT2D eigenvalue weighted by Crippen LogP contribution is -2.43. The molecule has 2 unspecified atom stereocenters. The van der Waals surface area contributed by atoms with Crippen molar-refractivity contribution in [3.63, 3.8) is 0 Å². The van der Waals surface area contributed by atoms with Gasteiger partial charge in [0.1, 0.15) is 31.1 Å². The van der Waals surface area contributed by atoms with Gasteiger partial charge in [0.15, 0.2) is 0 Å². The van der Waals surface area contributed by atoms with E-state index in [1.807, 2.05) is 66.4 Å². The number of hydrogen-bond acceptors (Lipinski definition) is 5. The molecule has 144 valence electrons. The van der Waals surface area contributed by atoms with Crippen LogP contribution in [-0.2, 0) is 16.1 Å². The van der Waals surface area contributed by atoms with Gasteiger partial charge in [0.05, 0.1) is 0 Å². The quantitative estimate of drug-likeness (QED) is 0.725. The van der Waals surface area contributed by atoms with Crippen LogP contribution in [0.4, 0.5) is 0 Å². The molecule has 0 aliphatic carbocycles. The minimum absolute atomic E-state index is 0.200. The molecule has 1 aliphatic rings. The zero-order valence-electron chi connectivity index (χ0n) is 15.7. The fourth-order valence-corrected chi connectivity index (χ4v) is 3.36. The van der Waals surface area contributed by atoms with E-state index in [0.717, 1.165) is 36.3 Å². The molecule has 5 nitrogen and oxygen atoms in total. The van der Waals surface area contributed by atoms with Gasteiger partial charge >= 0.3 is 5.97 Å². The van der Waals surface area contributed by atoms with Crippen LogP contribution in [0.1, 0.15) is 24.0 Å². The number of hydrogen-bond donors (Lipinski definition) is 1. The largest absolute Gasteiger partial charge is 0.491 e. The number of β-amino-alcohol motifs (C(OH)–C–C–N with tert-alkyl or cyclic N) is 1. The molecule has 1 N–H and O–H groups in total. The van der Waals surface area contributed by atoms with Crippen molar-refractivity contribution in [1.82, 2.24) is 4.90 Å². The molecule has 27 heavy (non-hydrogen) atoms. The van der Waals surface area contributed by atoms with E-state index in [-0.39, 0.29) is 25.2 Å². The molecule has 1 saturated heterocycles. The first-order chi connectivity index (χ1) is 13.1. The van der Waals surface area contributed by atoms with E-state index in [1.54, 1.807) is 0 Å². The van der Waals surface area contributed by atoms with Crippen molar-refractivity contribution in [1.29, 1.82) is 0 Å². The summed E-state index contributed by atoms with van der Waals surface area (Å²) in [7, 11) is 0. The molecule has 0 spiro atoms. The molecule has 2 atom stereocenters. The van der Waals surface area contributed by atoms with Crippen LogP contribution in [0.3, 0.4) is 0 Å². The fraction of sp³-hybridized carbons (Fsp3) is 0.409. The molecule has 1 heterocycles. The second-order valence-electron chi connectivity index (χ2n) is 7.03. The normalized spacial score (nSPS) is 18.2. The highest BCUT2D eigenvalue weighted by atomic mass is 16.5. The second-order valence-corrected chi connectivity index (χ2v) is 7.03. The van der Waals surface area contributed by atoms with Crippen LogP contribution in [0.2, 0.25) is 0 Å². The lowest BCUT2D eigenvalue weighted by Gasteiger charge is -2.25. The number of likely N-dealkylation sites (tertiary alicyclic amines) is 1. The molecule has 3 rings (SSSR count). The number of esters is 1. The summed E-state index contributed by atoms with van der Waals surface area (Å²) in [6, 6.07) is 17.1. The summed E-state index contributed by atoms with van der Waals surface area (Å²) in [6.45, 7) is 3.66. The molecule has 0 amide bonds. The van der Waals surface area contributed by atoms with Crippen LogP contribution >= 0.6 is 0 Å². The van der Waals surface area contributed by atoms with Gasteiger partial charge < -0.3 is 14.6 Å². The second kappa shape index (κ2) is 9.53. The molecule has 2 aromatic carbocycles.